The lowest BCUT2D eigenvalue weighted by Crippen LogP contribution is -2.35. The standard InChI is InChI=1S/C17H19N3O2/c1-12-6-7-14(11-13(12)2)16(21)19-9-10-20-17(22)15-5-3-4-8-18-15/h3-8,11H,9-10H2,1-2H3,(H,19,21)(H,20,22). The van der Waals surface area contributed by atoms with Crippen molar-refractivity contribution in [1.29, 1.82) is 0 Å². The second-order valence-corrected chi connectivity index (χ2v) is 5.03. The van der Waals surface area contributed by atoms with Gasteiger partial charge in [0.05, 0.1) is 0 Å². The van der Waals surface area contributed by atoms with Crippen LogP contribution in [-0.4, -0.2) is 29.9 Å². The molecular formula is C17H19N3O2. The van der Waals surface area contributed by atoms with Gasteiger partial charge in [-0.2, -0.15) is 0 Å². The van der Waals surface area contributed by atoms with Crippen molar-refractivity contribution in [3.05, 3.63) is 65.0 Å². The maximum absolute atomic E-state index is 12.0. The average Bonchev–Trinajstić information content (AvgIpc) is 2.54. The lowest BCUT2D eigenvalue weighted by Gasteiger charge is -2.08. The van der Waals surface area contributed by atoms with E-state index in [4.69, 9.17) is 0 Å². The summed E-state index contributed by atoms with van der Waals surface area (Å²) in [4.78, 5) is 27.7. The molecule has 2 rings (SSSR count). The number of nitrogens with zero attached hydrogens (tertiary/aromatic N) is 1. The van der Waals surface area contributed by atoms with Gasteiger partial charge >= 0.3 is 0 Å². The molecule has 0 spiro atoms. The van der Waals surface area contributed by atoms with Crippen LogP contribution in [0.15, 0.2) is 42.6 Å². The van der Waals surface area contributed by atoms with Gasteiger partial charge in [-0.05, 0) is 49.2 Å². The molecule has 22 heavy (non-hydrogen) atoms. The number of hydrogen-bond acceptors (Lipinski definition) is 3. The first-order valence-electron chi connectivity index (χ1n) is 7.12. The SMILES string of the molecule is Cc1ccc(C(=O)NCCNC(=O)c2ccccn2)cc1C. The van der Waals surface area contributed by atoms with E-state index in [-0.39, 0.29) is 11.8 Å². The maximum atomic E-state index is 12.0. The highest BCUT2D eigenvalue weighted by Crippen LogP contribution is 2.09. The summed E-state index contributed by atoms with van der Waals surface area (Å²) in [5.41, 5.74) is 3.22. The van der Waals surface area contributed by atoms with Crippen molar-refractivity contribution in [2.45, 2.75) is 13.8 Å². The molecule has 5 nitrogen and oxygen atoms in total. The third-order valence-corrected chi connectivity index (χ3v) is 3.36. The highest BCUT2D eigenvalue weighted by Gasteiger charge is 2.07. The predicted molar refractivity (Wildman–Crippen MR) is 84.8 cm³/mol. The third kappa shape index (κ3) is 4.15. The fourth-order valence-corrected chi connectivity index (χ4v) is 1.92. The van der Waals surface area contributed by atoms with Crippen molar-refractivity contribution < 1.29 is 9.59 Å². The summed E-state index contributed by atoms with van der Waals surface area (Å²) >= 11 is 0. The van der Waals surface area contributed by atoms with E-state index in [1.165, 1.54) is 0 Å². The molecule has 0 aliphatic rings. The Morgan fingerprint density at radius 3 is 2.32 bits per heavy atom. The van der Waals surface area contributed by atoms with E-state index in [2.05, 4.69) is 15.6 Å². The molecule has 5 heteroatoms. The molecule has 0 aliphatic heterocycles. The van der Waals surface area contributed by atoms with Gasteiger partial charge in [-0.1, -0.05) is 12.1 Å². The van der Waals surface area contributed by atoms with Crippen LogP contribution in [0.4, 0.5) is 0 Å². The second kappa shape index (κ2) is 7.36. The van der Waals surface area contributed by atoms with Gasteiger partial charge < -0.3 is 10.6 Å². The van der Waals surface area contributed by atoms with Crippen molar-refractivity contribution in [3.8, 4) is 0 Å². The molecular weight excluding hydrogens is 278 g/mol. The first kappa shape index (κ1) is 15.7. The maximum Gasteiger partial charge on any atom is 0.269 e. The lowest BCUT2D eigenvalue weighted by molar-refractivity contribution is 0.0925. The molecule has 2 N–H and O–H groups in total. The predicted octanol–water partition coefficient (Wildman–Crippen LogP) is 1.86. The zero-order valence-corrected chi connectivity index (χ0v) is 12.7. The molecule has 0 aliphatic carbocycles. The number of carbonyl (C=O) groups is 2. The number of benzene rings is 1. The normalized spacial score (nSPS) is 10.1. The van der Waals surface area contributed by atoms with Crippen LogP contribution in [0, 0.1) is 13.8 Å². The molecule has 0 saturated carbocycles. The highest BCUT2D eigenvalue weighted by molar-refractivity contribution is 5.94. The summed E-state index contributed by atoms with van der Waals surface area (Å²) in [6.45, 7) is 4.69. The van der Waals surface area contributed by atoms with Crippen molar-refractivity contribution in [2.24, 2.45) is 0 Å². The molecule has 1 aromatic carbocycles. The van der Waals surface area contributed by atoms with Gasteiger partial charge in [-0.15, -0.1) is 0 Å². The molecule has 0 fully saturated rings. The first-order chi connectivity index (χ1) is 10.6. The van der Waals surface area contributed by atoms with Crippen LogP contribution in [0.25, 0.3) is 0 Å². The number of amides is 2. The zero-order valence-electron chi connectivity index (χ0n) is 12.7. The monoisotopic (exact) mass is 297 g/mol. The van der Waals surface area contributed by atoms with E-state index >= 15 is 0 Å². The Morgan fingerprint density at radius 2 is 1.68 bits per heavy atom. The Bertz CT molecular complexity index is 669. The fraction of sp³-hybridized carbons (Fsp3) is 0.235. The summed E-state index contributed by atoms with van der Waals surface area (Å²) in [6, 6.07) is 10.7. The topological polar surface area (TPSA) is 71.1 Å². The number of hydrogen-bond donors (Lipinski definition) is 2. The van der Waals surface area contributed by atoms with Crippen LogP contribution in [0.1, 0.15) is 32.0 Å². The molecule has 0 bridgehead atoms. The summed E-state index contributed by atoms with van der Waals surface area (Å²) in [7, 11) is 0. The van der Waals surface area contributed by atoms with Gasteiger partial charge in [0.2, 0.25) is 0 Å². The number of rotatable bonds is 5. The Labute approximate surface area is 129 Å². The van der Waals surface area contributed by atoms with E-state index in [1.807, 2.05) is 26.0 Å². The minimum atomic E-state index is -0.249. The molecule has 0 radical (unpaired) electrons. The van der Waals surface area contributed by atoms with Crippen LogP contribution in [-0.2, 0) is 0 Å². The summed E-state index contributed by atoms with van der Waals surface area (Å²) < 4.78 is 0. The Hall–Kier alpha value is -2.69. The van der Waals surface area contributed by atoms with E-state index in [0.717, 1.165) is 11.1 Å². The summed E-state index contributed by atoms with van der Waals surface area (Å²) in [6.07, 6.45) is 1.57. The Kier molecular flexibility index (Phi) is 5.25. The summed E-state index contributed by atoms with van der Waals surface area (Å²) in [5.74, 6) is -0.392. The number of aryl methyl sites for hydroxylation is 2. The molecule has 0 saturated heterocycles. The number of aromatic nitrogens is 1. The molecule has 2 amide bonds. The lowest BCUT2D eigenvalue weighted by atomic mass is 10.1. The smallest absolute Gasteiger partial charge is 0.269 e. The van der Waals surface area contributed by atoms with E-state index in [0.29, 0.717) is 24.3 Å². The quantitative estimate of drug-likeness (QED) is 0.828. The molecule has 2 aromatic rings. The number of pyridine rings is 1. The van der Waals surface area contributed by atoms with Crippen LogP contribution in [0.2, 0.25) is 0 Å². The van der Waals surface area contributed by atoms with Gasteiger partial charge in [-0.3, -0.25) is 14.6 Å². The van der Waals surface area contributed by atoms with Crippen molar-refractivity contribution in [3.63, 3.8) is 0 Å². The Morgan fingerprint density at radius 1 is 0.955 bits per heavy atom. The van der Waals surface area contributed by atoms with E-state index < -0.39 is 0 Å². The first-order valence-corrected chi connectivity index (χ1v) is 7.12. The molecule has 1 heterocycles. The van der Waals surface area contributed by atoms with Gasteiger partial charge in [0.15, 0.2) is 0 Å². The van der Waals surface area contributed by atoms with Crippen LogP contribution in [0.3, 0.4) is 0 Å². The second-order valence-electron chi connectivity index (χ2n) is 5.03. The molecule has 0 unspecified atom stereocenters. The Balaban J connectivity index is 1.78. The van der Waals surface area contributed by atoms with Crippen molar-refractivity contribution in [1.82, 2.24) is 15.6 Å². The molecule has 0 atom stereocenters. The average molecular weight is 297 g/mol. The molecule has 114 valence electrons. The third-order valence-electron chi connectivity index (χ3n) is 3.36. The van der Waals surface area contributed by atoms with E-state index in [9.17, 15) is 9.59 Å². The van der Waals surface area contributed by atoms with Crippen molar-refractivity contribution in [2.75, 3.05) is 13.1 Å². The van der Waals surface area contributed by atoms with Crippen LogP contribution < -0.4 is 10.6 Å². The summed E-state index contributed by atoms with van der Waals surface area (Å²) in [5, 5.41) is 5.49. The van der Waals surface area contributed by atoms with Crippen LogP contribution in [0.5, 0.6) is 0 Å². The van der Waals surface area contributed by atoms with Gasteiger partial charge in [-0.25, -0.2) is 0 Å². The highest BCUT2D eigenvalue weighted by atomic mass is 16.2. The van der Waals surface area contributed by atoms with Gasteiger partial charge in [0, 0.05) is 24.8 Å². The van der Waals surface area contributed by atoms with Crippen molar-refractivity contribution >= 4 is 11.8 Å². The molecule has 1 aromatic heterocycles. The van der Waals surface area contributed by atoms with Crippen LogP contribution >= 0.6 is 0 Å². The zero-order chi connectivity index (χ0) is 15.9. The minimum Gasteiger partial charge on any atom is -0.350 e. The van der Waals surface area contributed by atoms with E-state index in [1.54, 1.807) is 30.5 Å². The van der Waals surface area contributed by atoms with Gasteiger partial charge in [0.25, 0.3) is 11.8 Å². The fourth-order valence-electron chi connectivity index (χ4n) is 1.92. The number of carbonyl (C=O) groups excluding carboxylic acids is 2. The van der Waals surface area contributed by atoms with Gasteiger partial charge in [0.1, 0.15) is 5.69 Å². The minimum absolute atomic E-state index is 0.143. The largest absolute Gasteiger partial charge is 0.350 e. The number of nitrogens with one attached hydrogen (secondary N) is 2.